The third kappa shape index (κ3) is 2.93. The van der Waals surface area contributed by atoms with Crippen molar-refractivity contribution in [1.82, 2.24) is 15.1 Å². The maximum absolute atomic E-state index is 4.84. The zero-order valence-electron chi connectivity index (χ0n) is 13.0. The third-order valence-electron chi connectivity index (χ3n) is 3.64. The summed E-state index contributed by atoms with van der Waals surface area (Å²) in [4.78, 5) is 0. The van der Waals surface area contributed by atoms with Crippen molar-refractivity contribution >= 4 is 0 Å². The maximum atomic E-state index is 4.84. The molecule has 0 atom stereocenters. The molecule has 0 amide bonds. The van der Waals surface area contributed by atoms with Crippen LogP contribution in [0.1, 0.15) is 43.3 Å². The molecule has 2 rings (SSSR count). The summed E-state index contributed by atoms with van der Waals surface area (Å²) in [6.07, 6.45) is 1.98. The Balaban J connectivity index is 2.50. The molecule has 0 fully saturated rings. The molecule has 0 unspecified atom stereocenters. The van der Waals surface area contributed by atoms with E-state index >= 15 is 0 Å². The highest BCUT2D eigenvalue weighted by molar-refractivity contribution is 5.40. The number of aromatic nitrogens is 2. The molecule has 0 aliphatic heterocycles. The number of rotatable bonds is 6. The van der Waals surface area contributed by atoms with Gasteiger partial charge in [-0.1, -0.05) is 32.9 Å². The van der Waals surface area contributed by atoms with Gasteiger partial charge in [0.1, 0.15) is 0 Å². The first-order chi connectivity index (χ1) is 9.71. The molecule has 2 aromatic rings. The predicted octanol–water partition coefficient (Wildman–Crippen LogP) is 3.42. The van der Waals surface area contributed by atoms with Crippen LogP contribution in [0.4, 0.5) is 0 Å². The second-order valence-electron chi connectivity index (χ2n) is 5.11. The minimum absolute atomic E-state index is 0.911. The van der Waals surface area contributed by atoms with E-state index in [4.69, 9.17) is 5.10 Å². The molecule has 1 aromatic heterocycles. The van der Waals surface area contributed by atoms with Crippen LogP contribution in [0.25, 0.3) is 5.69 Å². The minimum atomic E-state index is 0.911. The topological polar surface area (TPSA) is 29.9 Å². The Morgan fingerprint density at radius 1 is 1.15 bits per heavy atom. The Kier molecular flexibility index (Phi) is 4.96. The molecule has 1 N–H and O–H groups in total. The van der Waals surface area contributed by atoms with Gasteiger partial charge in [-0.15, -0.1) is 0 Å². The molecule has 3 heteroatoms. The summed E-state index contributed by atoms with van der Waals surface area (Å²) in [7, 11) is 0. The van der Waals surface area contributed by atoms with Crippen molar-refractivity contribution in [3.63, 3.8) is 0 Å². The van der Waals surface area contributed by atoms with Gasteiger partial charge in [-0.25, -0.2) is 4.68 Å². The van der Waals surface area contributed by atoms with Gasteiger partial charge in [0, 0.05) is 17.8 Å². The molecule has 1 aromatic carbocycles. The van der Waals surface area contributed by atoms with Crippen LogP contribution in [0, 0.1) is 6.92 Å². The van der Waals surface area contributed by atoms with Gasteiger partial charge in [0.05, 0.1) is 11.4 Å². The summed E-state index contributed by atoms with van der Waals surface area (Å²) < 4.78 is 2.12. The van der Waals surface area contributed by atoms with Gasteiger partial charge < -0.3 is 5.32 Å². The Morgan fingerprint density at radius 3 is 2.55 bits per heavy atom. The van der Waals surface area contributed by atoms with E-state index in [2.05, 4.69) is 62.0 Å². The van der Waals surface area contributed by atoms with Crippen LogP contribution in [-0.4, -0.2) is 16.3 Å². The van der Waals surface area contributed by atoms with Crippen LogP contribution in [0.15, 0.2) is 24.3 Å². The van der Waals surface area contributed by atoms with Gasteiger partial charge in [-0.3, -0.25) is 0 Å². The first-order valence-electron chi connectivity index (χ1n) is 7.58. The van der Waals surface area contributed by atoms with Crippen LogP contribution in [0.3, 0.4) is 0 Å². The molecule has 0 spiro atoms. The van der Waals surface area contributed by atoms with E-state index in [1.807, 2.05) is 0 Å². The van der Waals surface area contributed by atoms with Gasteiger partial charge in [0.2, 0.25) is 0 Å². The molecule has 0 bridgehead atoms. The average molecular weight is 271 g/mol. The van der Waals surface area contributed by atoms with Crippen LogP contribution < -0.4 is 5.32 Å². The fourth-order valence-corrected chi connectivity index (χ4v) is 2.61. The van der Waals surface area contributed by atoms with Gasteiger partial charge in [0.15, 0.2) is 0 Å². The van der Waals surface area contributed by atoms with Crippen molar-refractivity contribution < 1.29 is 0 Å². The molecule has 0 aliphatic carbocycles. The minimum Gasteiger partial charge on any atom is -0.313 e. The van der Waals surface area contributed by atoms with Crippen molar-refractivity contribution in [2.45, 2.75) is 47.1 Å². The highest BCUT2D eigenvalue weighted by Gasteiger charge is 2.15. The molecular formula is C17H25N3. The molecule has 20 heavy (non-hydrogen) atoms. The van der Waals surface area contributed by atoms with E-state index in [1.54, 1.807) is 0 Å². The average Bonchev–Trinajstić information content (AvgIpc) is 2.82. The summed E-state index contributed by atoms with van der Waals surface area (Å²) in [5.41, 5.74) is 6.35. The second kappa shape index (κ2) is 6.71. The Bertz CT molecular complexity index is 570. The van der Waals surface area contributed by atoms with Crippen LogP contribution in [0.2, 0.25) is 0 Å². The van der Waals surface area contributed by atoms with Gasteiger partial charge in [-0.05, 0) is 44.0 Å². The SMILES string of the molecule is CCNCc1c(CC)nn(-c2cccc(C)c2)c1CC. The smallest absolute Gasteiger partial charge is 0.0674 e. The Morgan fingerprint density at radius 2 is 1.95 bits per heavy atom. The van der Waals surface area contributed by atoms with Gasteiger partial charge in [0.25, 0.3) is 0 Å². The summed E-state index contributed by atoms with van der Waals surface area (Å²) in [6.45, 7) is 10.5. The number of hydrogen-bond donors (Lipinski definition) is 1. The summed E-state index contributed by atoms with van der Waals surface area (Å²) >= 11 is 0. The highest BCUT2D eigenvalue weighted by atomic mass is 15.3. The number of benzene rings is 1. The molecule has 0 radical (unpaired) electrons. The fourth-order valence-electron chi connectivity index (χ4n) is 2.61. The fraction of sp³-hybridized carbons (Fsp3) is 0.471. The van der Waals surface area contributed by atoms with E-state index in [0.29, 0.717) is 0 Å². The summed E-state index contributed by atoms with van der Waals surface area (Å²) in [5, 5.41) is 8.28. The summed E-state index contributed by atoms with van der Waals surface area (Å²) in [6, 6.07) is 8.55. The lowest BCUT2D eigenvalue weighted by Crippen LogP contribution is -2.14. The Labute approximate surface area is 122 Å². The molecular weight excluding hydrogens is 246 g/mol. The zero-order valence-corrected chi connectivity index (χ0v) is 13.0. The van der Waals surface area contributed by atoms with Crippen LogP contribution in [0.5, 0.6) is 0 Å². The van der Waals surface area contributed by atoms with E-state index in [-0.39, 0.29) is 0 Å². The van der Waals surface area contributed by atoms with Crippen LogP contribution >= 0.6 is 0 Å². The van der Waals surface area contributed by atoms with Crippen LogP contribution in [-0.2, 0) is 19.4 Å². The number of nitrogens with one attached hydrogen (secondary N) is 1. The largest absolute Gasteiger partial charge is 0.313 e. The normalized spacial score (nSPS) is 11.0. The molecule has 3 nitrogen and oxygen atoms in total. The molecule has 0 saturated heterocycles. The monoisotopic (exact) mass is 271 g/mol. The quantitative estimate of drug-likeness (QED) is 0.872. The van der Waals surface area contributed by atoms with E-state index < -0.39 is 0 Å². The second-order valence-corrected chi connectivity index (χ2v) is 5.11. The van der Waals surface area contributed by atoms with Crippen molar-refractivity contribution in [2.24, 2.45) is 0 Å². The van der Waals surface area contributed by atoms with Crippen molar-refractivity contribution in [3.8, 4) is 5.69 Å². The number of hydrogen-bond acceptors (Lipinski definition) is 2. The summed E-state index contributed by atoms with van der Waals surface area (Å²) in [5.74, 6) is 0. The van der Waals surface area contributed by atoms with E-state index in [1.165, 1.54) is 28.2 Å². The van der Waals surface area contributed by atoms with Crippen molar-refractivity contribution in [3.05, 3.63) is 46.8 Å². The van der Waals surface area contributed by atoms with Gasteiger partial charge in [-0.2, -0.15) is 5.10 Å². The highest BCUT2D eigenvalue weighted by Crippen LogP contribution is 2.21. The first-order valence-corrected chi connectivity index (χ1v) is 7.58. The zero-order chi connectivity index (χ0) is 14.5. The lowest BCUT2D eigenvalue weighted by molar-refractivity contribution is 0.712. The maximum Gasteiger partial charge on any atom is 0.0674 e. The number of nitrogens with zero attached hydrogens (tertiary/aromatic N) is 2. The van der Waals surface area contributed by atoms with Gasteiger partial charge >= 0.3 is 0 Å². The lowest BCUT2D eigenvalue weighted by atomic mass is 10.1. The van der Waals surface area contributed by atoms with E-state index in [9.17, 15) is 0 Å². The molecule has 1 heterocycles. The lowest BCUT2D eigenvalue weighted by Gasteiger charge is -2.09. The third-order valence-corrected chi connectivity index (χ3v) is 3.64. The van der Waals surface area contributed by atoms with E-state index in [0.717, 1.165) is 25.9 Å². The van der Waals surface area contributed by atoms with Crippen molar-refractivity contribution in [2.75, 3.05) is 6.54 Å². The standard InChI is InChI=1S/C17H25N3/c1-5-16-15(12-18-7-3)17(6-2)20(19-16)14-10-8-9-13(4)11-14/h8-11,18H,5-7,12H2,1-4H3. The molecule has 108 valence electrons. The van der Waals surface area contributed by atoms with Crippen molar-refractivity contribution in [1.29, 1.82) is 0 Å². The molecule has 0 saturated carbocycles. The molecule has 0 aliphatic rings. The number of aryl methyl sites for hydroxylation is 2. The Hall–Kier alpha value is -1.61. The first kappa shape index (κ1) is 14.8. The predicted molar refractivity (Wildman–Crippen MR) is 84.4 cm³/mol.